The van der Waals surface area contributed by atoms with Gasteiger partial charge in [0.1, 0.15) is 18.2 Å². The van der Waals surface area contributed by atoms with E-state index in [0.717, 1.165) is 12.1 Å². The van der Waals surface area contributed by atoms with Gasteiger partial charge in [-0.3, -0.25) is 4.79 Å². The fourth-order valence-corrected chi connectivity index (χ4v) is 2.27. The zero-order valence-corrected chi connectivity index (χ0v) is 14.1. The van der Waals surface area contributed by atoms with Crippen LogP contribution in [0.1, 0.15) is 15.9 Å². The first kappa shape index (κ1) is 18.4. The van der Waals surface area contributed by atoms with Gasteiger partial charge in [-0.05, 0) is 24.3 Å². The predicted molar refractivity (Wildman–Crippen MR) is 90.8 cm³/mol. The fraction of sp³-hybridized carbons (Fsp3) is 0.211. The van der Waals surface area contributed by atoms with Crippen molar-refractivity contribution < 1.29 is 23.0 Å². The Morgan fingerprint density at radius 2 is 1.96 bits per heavy atom. The van der Waals surface area contributed by atoms with Crippen molar-refractivity contribution >= 4 is 5.91 Å². The van der Waals surface area contributed by atoms with Crippen molar-refractivity contribution in [3.8, 4) is 11.5 Å². The molecule has 0 aliphatic carbocycles. The minimum absolute atomic E-state index is 0.0159. The van der Waals surface area contributed by atoms with Crippen LogP contribution >= 0.6 is 0 Å². The first-order valence-electron chi connectivity index (χ1n) is 7.57. The van der Waals surface area contributed by atoms with E-state index >= 15 is 0 Å². The van der Waals surface area contributed by atoms with Crippen molar-refractivity contribution in [2.24, 2.45) is 0 Å². The summed E-state index contributed by atoms with van der Waals surface area (Å²) < 4.78 is 37.4. The van der Waals surface area contributed by atoms with Gasteiger partial charge in [0.2, 0.25) is 0 Å². The van der Waals surface area contributed by atoms with Gasteiger partial charge in [-0.25, -0.2) is 8.78 Å². The van der Waals surface area contributed by atoms with Crippen LogP contribution in [0, 0.1) is 11.6 Å². The molecule has 0 aliphatic rings. The molecular formula is C19H19F2NO3. The molecule has 6 heteroatoms. The quantitative estimate of drug-likeness (QED) is 0.715. The molecule has 1 amide bonds. The summed E-state index contributed by atoms with van der Waals surface area (Å²) in [7, 11) is 3.02. The topological polar surface area (TPSA) is 38.8 Å². The third kappa shape index (κ3) is 4.56. The summed E-state index contributed by atoms with van der Waals surface area (Å²) in [6.07, 6.45) is 1.60. The van der Waals surface area contributed by atoms with Crippen molar-refractivity contribution in [3.63, 3.8) is 0 Å². The van der Waals surface area contributed by atoms with Crippen LogP contribution in [0.2, 0.25) is 0 Å². The highest BCUT2D eigenvalue weighted by molar-refractivity contribution is 5.94. The Morgan fingerprint density at radius 1 is 1.20 bits per heavy atom. The number of hydrogen-bond acceptors (Lipinski definition) is 3. The van der Waals surface area contributed by atoms with E-state index in [-0.39, 0.29) is 18.0 Å². The van der Waals surface area contributed by atoms with E-state index in [1.54, 1.807) is 31.3 Å². The average molecular weight is 347 g/mol. The van der Waals surface area contributed by atoms with Crippen molar-refractivity contribution in [3.05, 3.63) is 71.8 Å². The molecule has 2 rings (SSSR count). The lowest BCUT2D eigenvalue weighted by Crippen LogP contribution is -2.26. The summed E-state index contributed by atoms with van der Waals surface area (Å²) in [6, 6.07) is 8.05. The second-order valence-corrected chi connectivity index (χ2v) is 5.36. The molecule has 0 atom stereocenters. The lowest BCUT2D eigenvalue weighted by atomic mass is 10.1. The molecule has 0 heterocycles. The van der Waals surface area contributed by atoms with E-state index in [2.05, 4.69) is 6.58 Å². The normalized spacial score (nSPS) is 10.2. The number of amides is 1. The number of hydrogen-bond donors (Lipinski definition) is 0. The zero-order chi connectivity index (χ0) is 18.4. The van der Waals surface area contributed by atoms with Crippen molar-refractivity contribution in [2.45, 2.75) is 6.54 Å². The molecule has 0 radical (unpaired) electrons. The standard InChI is InChI=1S/C19H19F2NO3/c1-4-9-25-17-8-6-13(10-18(17)24-3)19(23)22(2)12-14-5-7-15(20)11-16(14)21/h4-8,10-11H,1,9,12H2,2-3H3. The lowest BCUT2D eigenvalue weighted by Gasteiger charge is -2.19. The number of ether oxygens (including phenoxy) is 2. The monoisotopic (exact) mass is 347 g/mol. The second kappa shape index (κ2) is 8.28. The third-order valence-corrected chi connectivity index (χ3v) is 3.54. The molecule has 0 saturated carbocycles. The average Bonchev–Trinajstić information content (AvgIpc) is 2.61. The Kier molecular flexibility index (Phi) is 6.11. The molecular weight excluding hydrogens is 328 g/mol. The van der Waals surface area contributed by atoms with Crippen LogP contribution in [-0.4, -0.2) is 31.6 Å². The molecule has 0 N–H and O–H groups in total. The van der Waals surface area contributed by atoms with Gasteiger partial charge in [0.25, 0.3) is 5.91 Å². The van der Waals surface area contributed by atoms with Crippen LogP contribution in [-0.2, 0) is 6.54 Å². The summed E-state index contributed by atoms with van der Waals surface area (Å²) in [5, 5.41) is 0. The SMILES string of the molecule is C=CCOc1ccc(C(=O)N(C)Cc2ccc(F)cc2F)cc1OC. The Labute approximate surface area is 145 Å². The molecule has 0 unspecified atom stereocenters. The predicted octanol–water partition coefficient (Wildman–Crippen LogP) is 3.81. The van der Waals surface area contributed by atoms with E-state index < -0.39 is 11.6 Å². The molecule has 0 bridgehead atoms. The first-order chi connectivity index (χ1) is 12.0. The summed E-state index contributed by atoms with van der Waals surface area (Å²) in [5.41, 5.74) is 0.600. The Morgan fingerprint density at radius 3 is 2.60 bits per heavy atom. The summed E-state index contributed by atoms with van der Waals surface area (Å²) >= 11 is 0. The van der Waals surface area contributed by atoms with Crippen LogP contribution in [0.25, 0.3) is 0 Å². The maximum Gasteiger partial charge on any atom is 0.254 e. The zero-order valence-electron chi connectivity index (χ0n) is 14.1. The summed E-state index contributed by atoms with van der Waals surface area (Å²) in [6.45, 7) is 3.90. The van der Waals surface area contributed by atoms with Crippen molar-refractivity contribution in [1.82, 2.24) is 4.90 Å². The Bertz CT molecular complexity index is 777. The van der Waals surface area contributed by atoms with Gasteiger partial charge in [-0.1, -0.05) is 18.7 Å². The van der Waals surface area contributed by atoms with Crippen LogP contribution in [0.4, 0.5) is 8.78 Å². The van der Waals surface area contributed by atoms with E-state index in [1.807, 2.05) is 0 Å². The van der Waals surface area contributed by atoms with Gasteiger partial charge >= 0.3 is 0 Å². The highest BCUT2D eigenvalue weighted by atomic mass is 19.1. The number of halogens is 2. The van der Waals surface area contributed by atoms with Crippen molar-refractivity contribution in [2.75, 3.05) is 20.8 Å². The molecule has 0 saturated heterocycles. The molecule has 4 nitrogen and oxygen atoms in total. The maximum atomic E-state index is 13.7. The summed E-state index contributed by atoms with van der Waals surface area (Å²) in [5.74, 6) is -0.766. The van der Waals surface area contributed by atoms with E-state index in [4.69, 9.17) is 9.47 Å². The molecule has 25 heavy (non-hydrogen) atoms. The largest absolute Gasteiger partial charge is 0.493 e. The molecule has 0 aromatic heterocycles. The number of rotatable bonds is 7. The lowest BCUT2D eigenvalue weighted by molar-refractivity contribution is 0.0783. The Balaban J connectivity index is 2.17. The minimum atomic E-state index is -0.689. The third-order valence-electron chi connectivity index (χ3n) is 3.54. The van der Waals surface area contributed by atoms with Gasteiger partial charge in [-0.15, -0.1) is 0 Å². The molecule has 132 valence electrons. The maximum absolute atomic E-state index is 13.7. The van der Waals surface area contributed by atoms with Crippen LogP contribution in [0.15, 0.2) is 49.1 Å². The molecule has 0 spiro atoms. The highest BCUT2D eigenvalue weighted by Crippen LogP contribution is 2.28. The Hall–Kier alpha value is -2.89. The molecule has 0 fully saturated rings. The van der Waals surface area contributed by atoms with Crippen LogP contribution < -0.4 is 9.47 Å². The van der Waals surface area contributed by atoms with Gasteiger partial charge < -0.3 is 14.4 Å². The molecule has 0 aliphatic heterocycles. The minimum Gasteiger partial charge on any atom is -0.493 e. The van der Waals surface area contributed by atoms with Crippen LogP contribution in [0.5, 0.6) is 11.5 Å². The van der Waals surface area contributed by atoms with E-state index in [0.29, 0.717) is 23.7 Å². The van der Waals surface area contributed by atoms with Gasteiger partial charge in [0, 0.05) is 30.8 Å². The van der Waals surface area contributed by atoms with Gasteiger partial charge in [-0.2, -0.15) is 0 Å². The number of carbonyl (C=O) groups excluding carboxylic acids is 1. The van der Waals surface area contributed by atoms with Crippen LogP contribution in [0.3, 0.4) is 0 Å². The molecule has 2 aromatic rings. The van der Waals surface area contributed by atoms with Gasteiger partial charge in [0.15, 0.2) is 11.5 Å². The van der Waals surface area contributed by atoms with Crippen molar-refractivity contribution in [1.29, 1.82) is 0 Å². The second-order valence-electron chi connectivity index (χ2n) is 5.36. The molecule has 2 aromatic carbocycles. The first-order valence-corrected chi connectivity index (χ1v) is 7.57. The van der Waals surface area contributed by atoms with E-state index in [1.165, 1.54) is 18.1 Å². The number of benzene rings is 2. The number of carbonyl (C=O) groups is 1. The smallest absolute Gasteiger partial charge is 0.254 e. The fourth-order valence-electron chi connectivity index (χ4n) is 2.27. The highest BCUT2D eigenvalue weighted by Gasteiger charge is 2.16. The summed E-state index contributed by atoms with van der Waals surface area (Å²) in [4.78, 5) is 13.9. The van der Waals surface area contributed by atoms with E-state index in [9.17, 15) is 13.6 Å². The number of nitrogens with zero attached hydrogens (tertiary/aromatic N) is 1. The number of methoxy groups -OCH3 is 1. The van der Waals surface area contributed by atoms with Gasteiger partial charge in [0.05, 0.1) is 7.11 Å².